The van der Waals surface area contributed by atoms with Crippen LogP contribution < -0.4 is 5.73 Å². The maximum absolute atomic E-state index is 9.01. The molecule has 0 aliphatic heterocycles. The van der Waals surface area contributed by atoms with E-state index in [4.69, 9.17) is 15.9 Å². The van der Waals surface area contributed by atoms with E-state index in [9.17, 15) is 0 Å². The summed E-state index contributed by atoms with van der Waals surface area (Å²) >= 11 is 0. The van der Waals surface area contributed by atoms with Gasteiger partial charge >= 0.3 is 0 Å². The molecule has 25 heavy (non-hydrogen) atoms. The molecule has 0 bridgehead atoms. The minimum absolute atomic E-state index is 0.263. The Morgan fingerprint density at radius 1 is 0.440 bits per heavy atom. The standard InChI is InChI=1S/C22H47NO2/c23-19-15-13-11-9-7-5-3-1-2-4-6-8-10-12-14-16-22(17-20-24)18-21-25/h22,24-25H,1-21,23H2. The average molecular weight is 358 g/mol. The molecule has 0 rings (SSSR count). The van der Waals surface area contributed by atoms with Gasteiger partial charge < -0.3 is 15.9 Å². The van der Waals surface area contributed by atoms with Gasteiger partial charge in [-0.15, -0.1) is 0 Å². The smallest absolute Gasteiger partial charge is 0.0433 e. The summed E-state index contributed by atoms with van der Waals surface area (Å²) in [6.07, 6.45) is 23.4. The summed E-state index contributed by atoms with van der Waals surface area (Å²) in [5.74, 6) is 0.524. The van der Waals surface area contributed by atoms with Gasteiger partial charge in [-0.25, -0.2) is 0 Å². The Kier molecular flexibility index (Phi) is 21.8. The van der Waals surface area contributed by atoms with Crippen LogP contribution in [-0.4, -0.2) is 30.0 Å². The topological polar surface area (TPSA) is 66.5 Å². The van der Waals surface area contributed by atoms with Gasteiger partial charge in [0.25, 0.3) is 0 Å². The van der Waals surface area contributed by atoms with E-state index in [2.05, 4.69) is 0 Å². The Balaban J connectivity index is 3.13. The molecule has 0 aromatic rings. The van der Waals surface area contributed by atoms with Gasteiger partial charge in [-0.1, -0.05) is 96.3 Å². The van der Waals surface area contributed by atoms with Gasteiger partial charge in [0.05, 0.1) is 0 Å². The predicted molar refractivity (Wildman–Crippen MR) is 110 cm³/mol. The van der Waals surface area contributed by atoms with Gasteiger partial charge in [0.2, 0.25) is 0 Å². The Labute approximate surface area is 157 Å². The number of unbranched alkanes of at least 4 members (excludes halogenated alkanes) is 14. The van der Waals surface area contributed by atoms with Crippen LogP contribution in [0.15, 0.2) is 0 Å². The molecule has 0 heterocycles. The van der Waals surface area contributed by atoms with Crippen molar-refractivity contribution in [2.24, 2.45) is 11.7 Å². The molecule has 0 saturated carbocycles. The monoisotopic (exact) mass is 357 g/mol. The number of aliphatic hydroxyl groups is 2. The van der Waals surface area contributed by atoms with Gasteiger partial charge in [-0.2, -0.15) is 0 Å². The van der Waals surface area contributed by atoms with E-state index in [1.54, 1.807) is 0 Å². The summed E-state index contributed by atoms with van der Waals surface area (Å²) in [5.41, 5.74) is 5.50. The van der Waals surface area contributed by atoms with Crippen LogP contribution in [0.25, 0.3) is 0 Å². The van der Waals surface area contributed by atoms with Crippen molar-refractivity contribution < 1.29 is 10.2 Å². The highest BCUT2D eigenvalue weighted by Gasteiger charge is 2.06. The lowest BCUT2D eigenvalue weighted by Crippen LogP contribution is -2.05. The van der Waals surface area contributed by atoms with E-state index in [0.717, 1.165) is 19.4 Å². The van der Waals surface area contributed by atoms with Crippen LogP contribution in [0, 0.1) is 5.92 Å². The van der Waals surface area contributed by atoms with Crippen molar-refractivity contribution in [3.63, 3.8) is 0 Å². The normalized spacial score (nSPS) is 11.5. The number of nitrogens with two attached hydrogens (primary N) is 1. The quantitative estimate of drug-likeness (QED) is 0.235. The number of aliphatic hydroxyl groups excluding tert-OH is 2. The molecule has 3 nitrogen and oxygen atoms in total. The summed E-state index contributed by atoms with van der Waals surface area (Å²) in [4.78, 5) is 0. The van der Waals surface area contributed by atoms with Gasteiger partial charge in [0.15, 0.2) is 0 Å². The van der Waals surface area contributed by atoms with Crippen LogP contribution in [0.1, 0.15) is 116 Å². The van der Waals surface area contributed by atoms with Crippen molar-refractivity contribution in [2.45, 2.75) is 116 Å². The fourth-order valence-corrected chi connectivity index (χ4v) is 3.67. The second-order valence-electron chi connectivity index (χ2n) is 7.77. The third kappa shape index (κ3) is 20.0. The summed E-state index contributed by atoms with van der Waals surface area (Å²) in [6.45, 7) is 1.38. The Morgan fingerprint density at radius 2 is 0.760 bits per heavy atom. The van der Waals surface area contributed by atoms with Crippen molar-refractivity contribution >= 4 is 0 Å². The highest BCUT2D eigenvalue weighted by molar-refractivity contribution is 4.59. The zero-order valence-corrected chi connectivity index (χ0v) is 16.9. The maximum atomic E-state index is 9.01. The van der Waals surface area contributed by atoms with Crippen LogP contribution in [0.3, 0.4) is 0 Å². The van der Waals surface area contributed by atoms with Gasteiger partial charge in [-0.05, 0) is 31.7 Å². The fourth-order valence-electron chi connectivity index (χ4n) is 3.67. The van der Waals surface area contributed by atoms with Crippen LogP contribution in [0.5, 0.6) is 0 Å². The Hall–Kier alpha value is -0.120. The van der Waals surface area contributed by atoms with Crippen molar-refractivity contribution in [1.29, 1.82) is 0 Å². The lowest BCUT2D eigenvalue weighted by atomic mass is 9.94. The molecule has 152 valence electrons. The van der Waals surface area contributed by atoms with Crippen LogP contribution in [0.4, 0.5) is 0 Å². The first-order chi connectivity index (χ1) is 12.3. The number of hydrogen-bond donors (Lipinski definition) is 3. The highest BCUT2D eigenvalue weighted by atomic mass is 16.3. The minimum Gasteiger partial charge on any atom is -0.396 e. The summed E-state index contributed by atoms with van der Waals surface area (Å²) in [5, 5.41) is 18.0. The number of rotatable bonds is 21. The second kappa shape index (κ2) is 21.9. The van der Waals surface area contributed by atoms with E-state index in [0.29, 0.717) is 5.92 Å². The summed E-state index contributed by atoms with van der Waals surface area (Å²) in [6, 6.07) is 0. The largest absolute Gasteiger partial charge is 0.396 e. The zero-order valence-electron chi connectivity index (χ0n) is 16.9. The van der Waals surface area contributed by atoms with Crippen molar-refractivity contribution in [3.05, 3.63) is 0 Å². The van der Waals surface area contributed by atoms with E-state index in [1.165, 1.54) is 103 Å². The molecule has 4 N–H and O–H groups in total. The highest BCUT2D eigenvalue weighted by Crippen LogP contribution is 2.18. The van der Waals surface area contributed by atoms with Crippen LogP contribution in [0.2, 0.25) is 0 Å². The minimum atomic E-state index is 0.263. The molecule has 0 aromatic heterocycles. The molecule has 0 atom stereocenters. The molecule has 0 saturated heterocycles. The predicted octanol–water partition coefficient (Wildman–Crippen LogP) is 5.57. The van der Waals surface area contributed by atoms with Gasteiger partial charge in [0, 0.05) is 13.2 Å². The molecule has 0 spiro atoms. The van der Waals surface area contributed by atoms with Crippen molar-refractivity contribution in [2.75, 3.05) is 19.8 Å². The van der Waals surface area contributed by atoms with E-state index >= 15 is 0 Å². The maximum Gasteiger partial charge on any atom is 0.0433 e. The molecule has 0 aromatic carbocycles. The second-order valence-corrected chi connectivity index (χ2v) is 7.77. The molecule has 0 unspecified atom stereocenters. The first kappa shape index (κ1) is 24.9. The Morgan fingerprint density at radius 3 is 1.08 bits per heavy atom. The third-order valence-electron chi connectivity index (χ3n) is 5.39. The lowest BCUT2D eigenvalue weighted by molar-refractivity contribution is 0.207. The van der Waals surface area contributed by atoms with Crippen LogP contribution >= 0.6 is 0 Å². The van der Waals surface area contributed by atoms with Gasteiger partial charge in [0.1, 0.15) is 0 Å². The molecular formula is C22H47NO2. The molecule has 3 heteroatoms. The summed E-state index contributed by atoms with van der Waals surface area (Å²) < 4.78 is 0. The summed E-state index contributed by atoms with van der Waals surface area (Å²) in [7, 11) is 0. The van der Waals surface area contributed by atoms with Crippen LogP contribution in [-0.2, 0) is 0 Å². The van der Waals surface area contributed by atoms with Crippen molar-refractivity contribution in [3.8, 4) is 0 Å². The first-order valence-corrected chi connectivity index (χ1v) is 11.3. The molecule has 0 amide bonds. The van der Waals surface area contributed by atoms with E-state index < -0.39 is 0 Å². The molecule has 0 fully saturated rings. The SMILES string of the molecule is NCCCCCCCCCCCCCCCCCC(CCO)CCO. The zero-order chi connectivity index (χ0) is 18.4. The Bertz CT molecular complexity index is 230. The first-order valence-electron chi connectivity index (χ1n) is 11.3. The van der Waals surface area contributed by atoms with E-state index in [-0.39, 0.29) is 13.2 Å². The molecule has 0 aliphatic rings. The van der Waals surface area contributed by atoms with E-state index in [1.807, 2.05) is 0 Å². The van der Waals surface area contributed by atoms with Crippen molar-refractivity contribution in [1.82, 2.24) is 0 Å². The molecule has 0 radical (unpaired) electrons. The average Bonchev–Trinajstić information content (AvgIpc) is 2.61. The molecule has 0 aliphatic carbocycles. The lowest BCUT2D eigenvalue weighted by Gasteiger charge is -2.13. The van der Waals surface area contributed by atoms with Gasteiger partial charge in [-0.3, -0.25) is 0 Å². The third-order valence-corrected chi connectivity index (χ3v) is 5.39. The number of hydrogen-bond acceptors (Lipinski definition) is 3. The molecular weight excluding hydrogens is 310 g/mol. The fraction of sp³-hybridized carbons (Fsp3) is 1.00.